The highest BCUT2D eigenvalue weighted by Crippen LogP contribution is 2.18. The molecule has 0 amide bonds. The van der Waals surface area contributed by atoms with E-state index in [2.05, 4.69) is 16.8 Å². The van der Waals surface area contributed by atoms with Crippen molar-refractivity contribution in [2.24, 2.45) is 0 Å². The zero-order chi connectivity index (χ0) is 13.0. The normalized spacial score (nSPS) is 13.1. The van der Waals surface area contributed by atoms with Gasteiger partial charge in [-0.1, -0.05) is 6.07 Å². The van der Waals surface area contributed by atoms with E-state index in [0.29, 0.717) is 18.0 Å². The Labute approximate surface area is 107 Å². The number of halogens is 1. The highest BCUT2D eigenvalue weighted by atomic mass is 19.1. The quantitative estimate of drug-likeness (QED) is 0.852. The maximum absolute atomic E-state index is 13.5. The molecule has 0 radical (unpaired) electrons. The largest absolute Gasteiger partial charge is 0.383 e. The van der Waals surface area contributed by atoms with Crippen molar-refractivity contribution in [1.82, 2.24) is 9.88 Å². The molecule has 2 aromatic rings. The monoisotopic (exact) mass is 250 g/mol. The van der Waals surface area contributed by atoms with Gasteiger partial charge in [0.2, 0.25) is 0 Å². The first kappa shape index (κ1) is 13.1. The first-order chi connectivity index (χ1) is 8.72. The first-order valence-corrected chi connectivity index (χ1v) is 6.18. The summed E-state index contributed by atoms with van der Waals surface area (Å²) in [5.74, 6) is -0.160. The molecule has 1 aromatic heterocycles. The number of ether oxygens (including phenoxy) is 1. The molecule has 0 saturated heterocycles. The Kier molecular flexibility index (Phi) is 4.33. The van der Waals surface area contributed by atoms with Crippen LogP contribution in [0.15, 0.2) is 30.5 Å². The van der Waals surface area contributed by atoms with Crippen molar-refractivity contribution in [3.05, 3.63) is 36.3 Å². The van der Waals surface area contributed by atoms with Crippen LogP contribution in [-0.4, -0.2) is 30.9 Å². The number of fused-ring (bicyclic) bond motifs is 1. The molecule has 2 rings (SSSR count). The van der Waals surface area contributed by atoms with Gasteiger partial charge in [0.05, 0.1) is 12.1 Å². The number of nitrogens with zero attached hydrogens (tertiary/aromatic N) is 1. The number of benzene rings is 1. The molecule has 0 fully saturated rings. The van der Waals surface area contributed by atoms with Crippen LogP contribution >= 0.6 is 0 Å². The number of aromatic nitrogens is 1. The van der Waals surface area contributed by atoms with E-state index in [9.17, 15) is 4.39 Å². The molecule has 0 spiro atoms. The van der Waals surface area contributed by atoms with Crippen LogP contribution in [-0.2, 0) is 11.3 Å². The van der Waals surface area contributed by atoms with Crippen molar-refractivity contribution >= 4 is 10.9 Å². The van der Waals surface area contributed by atoms with E-state index < -0.39 is 0 Å². The van der Waals surface area contributed by atoms with Gasteiger partial charge in [-0.25, -0.2) is 4.39 Å². The van der Waals surface area contributed by atoms with E-state index >= 15 is 0 Å². The average Bonchev–Trinajstić information content (AvgIpc) is 2.75. The van der Waals surface area contributed by atoms with Gasteiger partial charge in [0.25, 0.3) is 0 Å². The minimum Gasteiger partial charge on any atom is -0.383 e. The van der Waals surface area contributed by atoms with Gasteiger partial charge in [-0.15, -0.1) is 0 Å². The summed E-state index contributed by atoms with van der Waals surface area (Å²) in [6.07, 6.45) is 1.93. The summed E-state index contributed by atoms with van der Waals surface area (Å²) >= 11 is 0. The van der Waals surface area contributed by atoms with Crippen molar-refractivity contribution in [1.29, 1.82) is 0 Å². The average molecular weight is 250 g/mol. The molecule has 4 heteroatoms. The van der Waals surface area contributed by atoms with Gasteiger partial charge in [0, 0.05) is 37.8 Å². The maximum Gasteiger partial charge on any atom is 0.132 e. The Morgan fingerprint density at radius 3 is 3.00 bits per heavy atom. The molecule has 1 aromatic carbocycles. The molecule has 3 nitrogen and oxygen atoms in total. The minimum atomic E-state index is -0.160. The van der Waals surface area contributed by atoms with Crippen LogP contribution < -0.4 is 5.32 Å². The van der Waals surface area contributed by atoms with Crippen LogP contribution in [0, 0.1) is 5.82 Å². The lowest BCUT2D eigenvalue weighted by atomic mass is 10.2. The predicted molar refractivity (Wildman–Crippen MR) is 71.2 cm³/mol. The molecule has 0 aliphatic rings. The van der Waals surface area contributed by atoms with E-state index in [1.165, 1.54) is 6.07 Å². The molecule has 1 atom stereocenters. The second-order valence-electron chi connectivity index (χ2n) is 4.49. The Balaban J connectivity index is 1.98. The summed E-state index contributed by atoms with van der Waals surface area (Å²) in [6.45, 7) is 4.43. The summed E-state index contributed by atoms with van der Waals surface area (Å²) in [7, 11) is 1.69. The first-order valence-electron chi connectivity index (χ1n) is 6.18. The van der Waals surface area contributed by atoms with Crippen molar-refractivity contribution in [2.45, 2.75) is 19.5 Å². The fourth-order valence-corrected chi connectivity index (χ4v) is 2.12. The van der Waals surface area contributed by atoms with Gasteiger partial charge in [0.15, 0.2) is 0 Å². The van der Waals surface area contributed by atoms with Crippen molar-refractivity contribution in [3.63, 3.8) is 0 Å². The second kappa shape index (κ2) is 5.98. The summed E-state index contributed by atoms with van der Waals surface area (Å²) in [5.41, 5.74) is 0.941. The summed E-state index contributed by atoms with van der Waals surface area (Å²) in [6, 6.07) is 7.33. The Morgan fingerprint density at radius 1 is 1.39 bits per heavy atom. The molecule has 0 aliphatic carbocycles. The number of hydrogen-bond acceptors (Lipinski definition) is 2. The topological polar surface area (TPSA) is 26.2 Å². The summed E-state index contributed by atoms with van der Waals surface area (Å²) in [5, 5.41) is 4.04. The van der Waals surface area contributed by atoms with E-state index in [-0.39, 0.29) is 5.82 Å². The Bertz CT molecular complexity index is 509. The predicted octanol–water partition coefficient (Wildman–Crippen LogP) is 2.40. The molecule has 98 valence electrons. The third-order valence-corrected chi connectivity index (χ3v) is 3.02. The number of rotatable bonds is 6. The zero-order valence-corrected chi connectivity index (χ0v) is 10.8. The third-order valence-electron chi connectivity index (χ3n) is 3.02. The Morgan fingerprint density at radius 2 is 2.22 bits per heavy atom. The molecular formula is C14H19FN2O. The smallest absolute Gasteiger partial charge is 0.132 e. The third kappa shape index (κ3) is 2.89. The van der Waals surface area contributed by atoms with E-state index in [0.717, 1.165) is 18.6 Å². The highest BCUT2D eigenvalue weighted by Gasteiger charge is 2.05. The fourth-order valence-electron chi connectivity index (χ4n) is 2.12. The zero-order valence-electron chi connectivity index (χ0n) is 10.8. The van der Waals surface area contributed by atoms with E-state index in [1.54, 1.807) is 13.2 Å². The van der Waals surface area contributed by atoms with Crippen molar-refractivity contribution in [2.75, 3.05) is 20.3 Å². The van der Waals surface area contributed by atoms with Crippen LogP contribution in [0.5, 0.6) is 0 Å². The van der Waals surface area contributed by atoms with Gasteiger partial charge in [0.1, 0.15) is 5.82 Å². The number of hydrogen-bond donors (Lipinski definition) is 1. The lowest BCUT2D eigenvalue weighted by Crippen LogP contribution is -2.32. The summed E-state index contributed by atoms with van der Waals surface area (Å²) < 4.78 is 20.6. The molecule has 0 bridgehead atoms. The second-order valence-corrected chi connectivity index (χ2v) is 4.49. The molecule has 0 saturated carbocycles. The lowest BCUT2D eigenvalue weighted by Gasteiger charge is -2.13. The van der Waals surface area contributed by atoms with Crippen LogP contribution in [0.3, 0.4) is 0 Å². The molecule has 1 heterocycles. The van der Waals surface area contributed by atoms with Gasteiger partial charge in [-0.2, -0.15) is 0 Å². The van der Waals surface area contributed by atoms with Crippen molar-refractivity contribution in [3.8, 4) is 0 Å². The molecule has 1 unspecified atom stereocenters. The van der Waals surface area contributed by atoms with E-state index in [4.69, 9.17) is 4.74 Å². The van der Waals surface area contributed by atoms with Crippen LogP contribution in [0.25, 0.3) is 10.9 Å². The maximum atomic E-state index is 13.5. The Hall–Kier alpha value is -1.39. The van der Waals surface area contributed by atoms with Crippen LogP contribution in [0.4, 0.5) is 4.39 Å². The SMILES string of the molecule is COCC(C)NCCn1ccc2c(F)cccc21. The van der Waals surface area contributed by atoms with Crippen LogP contribution in [0.1, 0.15) is 6.92 Å². The molecule has 1 N–H and O–H groups in total. The lowest BCUT2D eigenvalue weighted by molar-refractivity contribution is 0.172. The van der Waals surface area contributed by atoms with Crippen molar-refractivity contribution < 1.29 is 9.13 Å². The number of methoxy groups -OCH3 is 1. The van der Waals surface area contributed by atoms with Gasteiger partial charge in [-0.3, -0.25) is 0 Å². The minimum absolute atomic E-state index is 0.160. The standard InChI is InChI=1S/C14H19FN2O/c1-11(10-18-2)16-7-9-17-8-6-12-13(15)4-3-5-14(12)17/h3-6,8,11,16H,7,9-10H2,1-2H3. The summed E-state index contributed by atoms with van der Waals surface area (Å²) in [4.78, 5) is 0. The van der Waals surface area contributed by atoms with Gasteiger partial charge >= 0.3 is 0 Å². The van der Waals surface area contributed by atoms with Gasteiger partial charge < -0.3 is 14.6 Å². The van der Waals surface area contributed by atoms with Crippen LogP contribution in [0.2, 0.25) is 0 Å². The number of nitrogens with one attached hydrogen (secondary N) is 1. The molecule has 0 aliphatic heterocycles. The van der Waals surface area contributed by atoms with Gasteiger partial charge in [-0.05, 0) is 25.1 Å². The fraction of sp³-hybridized carbons (Fsp3) is 0.429. The molecule has 18 heavy (non-hydrogen) atoms. The highest BCUT2D eigenvalue weighted by molar-refractivity contribution is 5.80. The van der Waals surface area contributed by atoms with E-state index in [1.807, 2.05) is 18.3 Å². The molecular weight excluding hydrogens is 231 g/mol.